The normalized spacial score (nSPS) is 14.2. The predicted octanol–water partition coefficient (Wildman–Crippen LogP) is 6.02. The number of nitrogens with zero attached hydrogens (tertiary/aromatic N) is 6. The van der Waals surface area contributed by atoms with Crippen LogP contribution in [0.1, 0.15) is 51.1 Å². The van der Waals surface area contributed by atoms with Crippen LogP contribution in [-0.2, 0) is 0 Å². The monoisotopic (exact) mass is 359 g/mol. The maximum absolute atomic E-state index is 5.88. The van der Waals surface area contributed by atoms with Gasteiger partial charge in [-0.2, -0.15) is 10.6 Å². The van der Waals surface area contributed by atoms with Gasteiger partial charge in [0.25, 0.3) is 0 Å². The molecule has 1 aliphatic rings. The van der Waals surface area contributed by atoms with Crippen molar-refractivity contribution < 1.29 is 0 Å². The fraction of sp³-hybridized carbons (Fsp3) is 0.412. The van der Waals surface area contributed by atoms with Gasteiger partial charge in [0.1, 0.15) is 6.33 Å². The van der Waals surface area contributed by atoms with Crippen molar-refractivity contribution in [1.82, 2.24) is 14.8 Å². The minimum atomic E-state index is 0.350. The Kier molecular flexibility index (Phi) is 7.40. The quantitative estimate of drug-likeness (QED) is 0.533. The summed E-state index contributed by atoms with van der Waals surface area (Å²) in [5.74, 6) is 0.808. The molecule has 132 valence electrons. The van der Waals surface area contributed by atoms with Crippen molar-refractivity contribution in [3.63, 3.8) is 0 Å². The van der Waals surface area contributed by atoms with Crippen LogP contribution < -0.4 is 0 Å². The SMILES string of the molecule is CC(C)n1cnc(-c2ccc(C3=CCCCC3)cc2)n1.N=NN=NCl. The molecule has 0 saturated heterocycles. The molecule has 1 aromatic heterocycles. The predicted molar refractivity (Wildman–Crippen MR) is 98.1 cm³/mol. The van der Waals surface area contributed by atoms with E-state index in [9.17, 15) is 0 Å². The van der Waals surface area contributed by atoms with Crippen molar-refractivity contribution in [1.29, 1.82) is 5.53 Å². The first kappa shape index (κ1) is 18.9. The van der Waals surface area contributed by atoms with Crippen molar-refractivity contribution in [2.24, 2.45) is 15.1 Å². The van der Waals surface area contributed by atoms with Gasteiger partial charge in [0.05, 0.1) is 11.8 Å². The van der Waals surface area contributed by atoms with Crippen LogP contribution in [0.2, 0.25) is 0 Å². The number of allylic oxidation sites excluding steroid dienone is 2. The molecule has 25 heavy (non-hydrogen) atoms. The maximum Gasteiger partial charge on any atom is 0.181 e. The first-order valence-corrected chi connectivity index (χ1v) is 8.58. The topological polar surface area (TPSA) is 91.6 Å². The lowest BCUT2D eigenvalue weighted by Crippen LogP contribution is -2.00. The summed E-state index contributed by atoms with van der Waals surface area (Å²) < 4.78 is 4.49. The average Bonchev–Trinajstić information content (AvgIpc) is 3.14. The van der Waals surface area contributed by atoms with Crippen LogP contribution >= 0.6 is 11.8 Å². The van der Waals surface area contributed by atoms with Gasteiger partial charge in [-0.3, -0.25) is 0 Å². The van der Waals surface area contributed by atoms with Gasteiger partial charge in [-0.1, -0.05) is 35.0 Å². The summed E-state index contributed by atoms with van der Waals surface area (Å²) in [6.07, 6.45) is 9.25. The average molecular weight is 360 g/mol. The summed E-state index contributed by atoms with van der Waals surface area (Å²) >= 11 is 4.55. The van der Waals surface area contributed by atoms with Gasteiger partial charge in [0.2, 0.25) is 0 Å². The van der Waals surface area contributed by atoms with Crippen LogP contribution in [0.5, 0.6) is 0 Å². The Bertz CT molecular complexity index is 732. The van der Waals surface area contributed by atoms with E-state index in [0.717, 1.165) is 11.4 Å². The largest absolute Gasteiger partial charge is 0.250 e. The van der Waals surface area contributed by atoms with Gasteiger partial charge < -0.3 is 0 Å². The Morgan fingerprint density at radius 1 is 1.16 bits per heavy atom. The Balaban J connectivity index is 0.000000399. The Morgan fingerprint density at radius 3 is 2.36 bits per heavy atom. The molecule has 3 rings (SSSR count). The van der Waals surface area contributed by atoms with Crippen LogP contribution in [0.4, 0.5) is 0 Å². The fourth-order valence-corrected chi connectivity index (χ4v) is 2.64. The zero-order chi connectivity index (χ0) is 18.1. The molecular formula is C17H22ClN7. The van der Waals surface area contributed by atoms with E-state index < -0.39 is 0 Å². The molecule has 0 fully saturated rings. The third-order valence-corrected chi connectivity index (χ3v) is 3.99. The summed E-state index contributed by atoms with van der Waals surface area (Å²) in [6, 6.07) is 9.00. The van der Waals surface area contributed by atoms with Crippen molar-refractivity contribution in [3.8, 4) is 11.4 Å². The number of nitrogens with one attached hydrogen (secondary N) is 1. The molecule has 0 radical (unpaired) electrons. The third kappa shape index (κ3) is 5.56. The van der Waals surface area contributed by atoms with E-state index in [1.54, 1.807) is 6.33 Å². The zero-order valence-electron chi connectivity index (χ0n) is 14.4. The van der Waals surface area contributed by atoms with Crippen molar-refractivity contribution in [2.45, 2.75) is 45.6 Å². The molecule has 0 unspecified atom stereocenters. The van der Waals surface area contributed by atoms with E-state index in [4.69, 9.17) is 5.53 Å². The summed E-state index contributed by atoms with van der Waals surface area (Å²) in [5, 5.41) is 9.60. The first-order chi connectivity index (χ1) is 12.2. The van der Waals surface area contributed by atoms with Gasteiger partial charge in [-0.05, 0) is 61.1 Å². The summed E-state index contributed by atoms with van der Waals surface area (Å²) in [7, 11) is 0. The minimum absolute atomic E-state index is 0.350. The molecule has 1 heterocycles. The molecule has 0 aliphatic heterocycles. The summed E-state index contributed by atoms with van der Waals surface area (Å²) in [6.45, 7) is 4.22. The highest BCUT2D eigenvalue weighted by Crippen LogP contribution is 2.28. The molecule has 0 saturated carbocycles. The lowest BCUT2D eigenvalue weighted by molar-refractivity contribution is 0.532. The van der Waals surface area contributed by atoms with Crippen molar-refractivity contribution in [2.75, 3.05) is 0 Å². The van der Waals surface area contributed by atoms with Crippen molar-refractivity contribution in [3.05, 3.63) is 42.2 Å². The third-order valence-electron chi connectivity index (χ3n) is 3.92. The second-order valence-electron chi connectivity index (χ2n) is 5.96. The maximum atomic E-state index is 5.88. The molecule has 1 aromatic carbocycles. The highest BCUT2D eigenvalue weighted by Gasteiger charge is 2.09. The number of rotatable bonds is 4. The highest BCUT2D eigenvalue weighted by atomic mass is 35.5. The van der Waals surface area contributed by atoms with Gasteiger partial charge in [0, 0.05) is 11.6 Å². The Labute approximate surface area is 152 Å². The lowest BCUT2D eigenvalue weighted by atomic mass is 9.93. The van der Waals surface area contributed by atoms with Crippen LogP contribution in [0.3, 0.4) is 0 Å². The number of benzene rings is 1. The second kappa shape index (κ2) is 9.78. The van der Waals surface area contributed by atoms with E-state index in [-0.39, 0.29) is 0 Å². The van der Waals surface area contributed by atoms with E-state index in [1.807, 2.05) is 4.68 Å². The van der Waals surface area contributed by atoms with E-state index in [0.29, 0.717) is 6.04 Å². The highest BCUT2D eigenvalue weighted by molar-refractivity contribution is 6.13. The zero-order valence-corrected chi connectivity index (χ0v) is 15.2. The second-order valence-corrected chi connectivity index (χ2v) is 6.11. The molecule has 7 nitrogen and oxygen atoms in total. The summed E-state index contributed by atoms with van der Waals surface area (Å²) in [5.41, 5.74) is 9.80. The Morgan fingerprint density at radius 2 is 1.88 bits per heavy atom. The van der Waals surface area contributed by atoms with Gasteiger partial charge >= 0.3 is 0 Å². The van der Waals surface area contributed by atoms with Crippen LogP contribution in [0, 0.1) is 5.53 Å². The van der Waals surface area contributed by atoms with E-state index >= 15 is 0 Å². The number of halogens is 1. The molecule has 1 N–H and O–H groups in total. The fourth-order valence-electron chi connectivity index (χ4n) is 2.61. The van der Waals surface area contributed by atoms with Crippen LogP contribution in [-0.4, -0.2) is 14.8 Å². The molecule has 0 atom stereocenters. The molecule has 8 heteroatoms. The van der Waals surface area contributed by atoms with E-state index in [1.165, 1.54) is 36.8 Å². The standard InChI is InChI=1S/C17H21N3.ClHN4/c1-13(2)20-12-18-17(19-20)16-10-8-15(9-11-16)14-6-4-3-5-7-14;1-3-5-4-2/h6,8-13H,3-5,7H2,1-2H3;2H. The van der Waals surface area contributed by atoms with Gasteiger partial charge in [-0.25, -0.2) is 9.67 Å². The van der Waals surface area contributed by atoms with E-state index in [2.05, 4.69) is 81.1 Å². The Hall–Kier alpha value is -2.41. The van der Waals surface area contributed by atoms with Crippen LogP contribution in [0.15, 0.2) is 51.7 Å². The summed E-state index contributed by atoms with van der Waals surface area (Å²) in [4.78, 5) is 4.39. The molecule has 0 bridgehead atoms. The molecule has 0 spiro atoms. The number of aromatic nitrogens is 3. The van der Waals surface area contributed by atoms with Gasteiger partial charge in [-0.15, -0.1) is 0 Å². The molecule has 2 aromatic rings. The lowest BCUT2D eigenvalue weighted by Gasteiger charge is -2.12. The first-order valence-electron chi connectivity index (χ1n) is 8.24. The molecular weight excluding hydrogens is 338 g/mol. The molecule has 1 aliphatic carbocycles. The van der Waals surface area contributed by atoms with Gasteiger partial charge in [0.15, 0.2) is 5.82 Å². The number of hydrogen-bond acceptors (Lipinski definition) is 4. The minimum Gasteiger partial charge on any atom is -0.250 e. The number of hydrogen-bond donors (Lipinski definition) is 1. The molecule has 0 amide bonds. The smallest absolute Gasteiger partial charge is 0.181 e. The van der Waals surface area contributed by atoms with Crippen molar-refractivity contribution >= 4 is 17.3 Å². The van der Waals surface area contributed by atoms with Crippen LogP contribution in [0.25, 0.3) is 17.0 Å².